The molecule has 1 heterocycles. The number of fused-ring (bicyclic) bond motifs is 1. The van der Waals surface area contributed by atoms with Crippen LogP contribution < -0.4 is 0 Å². The van der Waals surface area contributed by atoms with Crippen molar-refractivity contribution in [2.45, 2.75) is 54.4 Å². The lowest BCUT2D eigenvalue weighted by molar-refractivity contribution is 0.100. The van der Waals surface area contributed by atoms with Gasteiger partial charge in [-0.25, -0.2) is 0 Å². The number of ketones is 2. The Balaban J connectivity index is 1.77. The maximum Gasteiger partial charge on any atom is 0.163 e. The van der Waals surface area contributed by atoms with E-state index in [9.17, 15) is 30.0 Å². The van der Waals surface area contributed by atoms with Crippen LogP contribution in [0.2, 0.25) is 0 Å². The highest BCUT2D eigenvalue weighted by Gasteiger charge is 2.24. The third-order valence-corrected chi connectivity index (χ3v) is 8.14. The van der Waals surface area contributed by atoms with Gasteiger partial charge in [0.2, 0.25) is 0 Å². The van der Waals surface area contributed by atoms with E-state index in [2.05, 4.69) is 23.2 Å². The second-order valence-corrected chi connectivity index (χ2v) is 11.5. The fourth-order valence-corrected chi connectivity index (χ4v) is 5.93. The van der Waals surface area contributed by atoms with Crippen LogP contribution in [0.25, 0.3) is 22.0 Å². The van der Waals surface area contributed by atoms with Gasteiger partial charge in [-0.2, -0.15) is 0 Å². The number of hydrogen-bond acceptors (Lipinski definition) is 6. The van der Waals surface area contributed by atoms with Crippen molar-refractivity contribution in [1.82, 2.24) is 4.98 Å². The summed E-state index contributed by atoms with van der Waals surface area (Å²) < 4.78 is 0. The number of hydrogen-bond donors (Lipinski definition) is 5. The molecule has 0 spiro atoms. The molecule has 0 aliphatic heterocycles. The number of carbonyl (C=O) groups is 2. The minimum atomic E-state index is -0.330. The first kappa shape index (κ1) is 29.5. The molecule has 0 unspecified atom stereocenters. The average molecular weight is 578 g/mol. The molecule has 0 radical (unpaired) electrons. The first-order chi connectivity index (χ1) is 20.3. The maximum absolute atomic E-state index is 12.3. The van der Waals surface area contributed by atoms with Gasteiger partial charge in [-0.3, -0.25) is 9.59 Å². The Hall–Kier alpha value is -5.04. The Bertz CT molecular complexity index is 1940. The zero-order valence-electron chi connectivity index (χ0n) is 25.1. The summed E-state index contributed by atoms with van der Waals surface area (Å²) in [5.41, 5.74) is 7.87. The molecule has 5 rings (SSSR count). The Morgan fingerprint density at radius 1 is 0.605 bits per heavy atom. The number of H-pyrrole nitrogens is 1. The summed E-state index contributed by atoms with van der Waals surface area (Å²) in [4.78, 5) is 28.0. The molecule has 4 aromatic carbocycles. The van der Waals surface area contributed by atoms with Crippen molar-refractivity contribution in [1.29, 1.82) is 0 Å². The van der Waals surface area contributed by atoms with Crippen LogP contribution in [-0.2, 0) is 12.8 Å². The summed E-state index contributed by atoms with van der Waals surface area (Å²) >= 11 is 0. The quantitative estimate of drug-likeness (QED) is 0.128. The summed E-state index contributed by atoms with van der Waals surface area (Å²) in [6.07, 6.45) is 0.0909. The zero-order chi connectivity index (χ0) is 31.3. The van der Waals surface area contributed by atoms with Crippen LogP contribution >= 0.6 is 0 Å². The Morgan fingerprint density at radius 3 is 1.63 bits per heavy atom. The van der Waals surface area contributed by atoms with E-state index in [-0.39, 0.29) is 69.7 Å². The Morgan fingerprint density at radius 2 is 1.12 bits per heavy atom. The van der Waals surface area contributed by atoms with E-state index in [4.69, 9.17) is 0 Å². The minimum Gasteiger partial charge on any atom is -0.507 e. The number of aromatic nitrogens is 1. The molecule has 220 valence electrons. The average Bonchev–Trinajstić information content (AvgIpc) is 3.28. The summed E-state index contributed by atoms with van der Waals surface area (Å²) in [7, 11) is 0. The number of Topliss-reactive ketones (excluding diaryl/α,β-unsaturated/α-hetero) is 2. The summed E-state index contributed by atoms with van der Waals surface area (Å²) in [5, 5.41) is 45.0. The third kappa shape index (κ3) is 5.34. The van der Waals surface area contributed by atoms with E-state index in [0.29, 0.717) is 22.4 Å². The van der Waals surface area contributed by atoms with Crippen LogP contribution in [0.15, 0.2) is 48.5 Å². The molecular weight excluding hydrogens is 542 g/mol. The van der Waals surface area contributed by atoms with E-state index >= 15 is 0 Å². The zero-order valence-corrected chi connectivity index (χ0v) is 25.1. The molecule has 0 aliphatic rings. The Kier molecular flexibility index (Phi) is 7.52. The van der Waals surface area contributed by atoms with E-state index in [1.807, 2.05) is 32.0 Å². The minimum absolute atomic E-state index is 0.0371. The lowest BCUT2D eigenvalue weighted by Gasteiger charge is -2.16. The number of carbonyl (C=O) groups excluding carboxylic acids is 2. The molecule has 0 amide bonds. The summed E-state index contributed by atoms with van der Waals surface area (Å²) in [6.45, 7) is 10.1. The number of benzene rings is 4. The fourth-order valence-electron chi connectivity index (χ4n) is 5.93. The van der Waals surface area contributed by atoms with Gasteiger partial charge in [0.1, 0.15) is 23.0 Å². The summed E-state index contributed by atoms with van der Waals surface area (Å²) in [5.74, 6) is -1.48. The topological polar surface area (TPSA) is 131 Å². The van der Waals surface area contributed by atoms with Crippen LogP contribution in [-0.4, -0.2) is 37.0 Å². The summed E-state index contributed by atoms with van der Waals surface area (Å²) in [6, 6.07) is 15.2. The predicted molar refractivity (Wildman–Crippen MR) is 168 cm³/mol. The van der Waals surface area contributed by atoms with Crippen molar-refractivity contribution in [2.75, 3.05) is 0 Å². The van der Waals surface area contributed by atoms with E-state index in [1.54, 1.807) is 13.8 Å². The van der Waals surface area contributed by atoms with Crippen molar-refractivity contribution in [3.05, 3.63) is 104 Å². The molecule has 1 aromatic heterocycles. The second kappa shape index (κ2) is 11.0. The molecule has 0 saturated carbocycles. The molecule has 0 saturated heterocycles. The standard InChI is InChI=1S/C36H35NO6/c1-17-9-18(2)11-24(10-17)23-7-8-31-27(14-23)28(15-29-33(40)19(3)12-25(21(5)38)35(29)42)32(37-31)16-30-34(41)20(4)13-26(22(6)39)36(30)43/h7-14,37,40-43H,15-16H2,1-6H3. The second-order valence-electron chi connectivity index (χ2n) is 11.5. The van der Waals surface area contributed by atoms with Crippen LogP contribution in [0.4, 0.5) is 0 Å². The number of phenols is 4. The molecule has 0 atom stereocenters. The molecule has 7 heteroatoms. The van der Waals surface area contributed by atoms with Crippen molar-refractivity contribution in [3.63, 3.8) is 0 Å². The molecule has 43 heavy (non-hydrogen) atoms. The normalized spacial score (nSPS) is 11.3. The number of nitrogens with one attached hydrogen (secondary N) is 1. The van der Waals surface area contributed by atoms with Crippen molar-refractivity contribution in [3.8, 4) is 34.1 Å². The molecule has 0 aliphatic carbocycles. The van der Waals surface area contributed by atoms with Crippen molar-refractivity contribution in [2.24, 2.45) is 0 Å². The third-order valence-electron chi connectivity index (χ3n) is 8.14. The molecule has 5 aromatic rings. The van der Waals surface area contributed by atoms with E-state index < -0.39 is 0 Å². The number of aromatic amines is 1. The molecule has 7 nitrogen and oxygen atoms in total. The molecule has 5 N–H and O–H groups in total. The molecule has 0 bridgehead atoms. The smallest absolute Gasteiger partial charge is 0.163 e. The highest BCUT2D eigenvalue weighted by molar-refractivity contribution is 5.99. The number of aryl methyl sites for hydroxylation is 4. The van der Waals surface area contributed by atoms with Gasteiger partial charge in [0.25, 0.3) is 0 Å². The highest BCUT2D eigenvalue weighted by Crippen LogP contribution is 2.41. The van der Waals surface area contributed by atoms with Gasteiger partial charge in [-0.1, -0.05) is 35.4 Å². The number of phenolic OH excluding ortho intramolecular Hbond substituents is 4. The van der Waals surface area contributed by atoms with Crippen LogP contribution in [0, 0.1) is 27.7 Å². The SMILES string of the molecule is CC(=O)c1cc(C)c(O)c(Cc2[nH]c3ccc(-c4cc(C)cc(C)c4)cc3c2Cc2c(O)c(C)cc(C(C)=O)c2O)c1O. The Labute approximate surface area is 250 Å². The predicted octanol–water partition coefficient (Wildman–Crippen LogP) is 7.48. The molecular formula is C36H35NO6. The lowest BCUT2D eigenvalue weighted by Crippen LogP contribution is -2.03. The first-order valence-electron chi connectivity index (χ1n) is 14.1. The van der Waals surface area contributed by atoms with Gasteiger partial charge >= 0.3 is 0 Å². The van der Waals surface area contributed by atoms with Crippen molar-refractivity contribution >= 4 is 22.5 Å². The fraction of sp³-hybridized carbons (Fsp3) is 0.222. The van der Waals surface area contributed by atoms with Crippen LogP contribution in [0.5, 0.6) is 23.0 Å². The van der Waals surface area contributed by atoms with Crippen LogP contribution in [0.3, 0.4) is 0 Å². The van der Waals surface area contributed by atoms with Crippen LogP contribution in [0.1, 0.15) is 79.2 Å². The van der Waals surface area contributed by atoms with Gasteiger partial charge < -0.3 is 25.4 Å². The number of rotatable bonds is 7. The first-order valence-corrected chi connectivity index (χ1v) is 14.1. The van der Waals surface area contributed by atoms with Gasteiger partial charge in [0.05, 0.1) is 11.1 Å². The number of aromatic hydroxyl groups is 4. The lowest BCUT2D eigenvalue weighted by atomic mass is 9.91. The van der Waals surface area contributed by atoms with E-state index in [1.165, 1.54) is 26.0 Å². The van der Waals surface area contributed by atoms with Gasteiger partial charge in [0, 0.05) is 40.6 Å². The highest BCUT2D eigenvalue weighted by atomic mass is 16.3. The molecule has 0 fully saturated rings. The maximum atomic E-state index is 12.3. The van der Waals surface area contributed by atoms with Gasteiger partial charge in [0.15, 0.2) is 11.6 Å². The van der Waals surface area contributed by atoms with Crippen molar-refractivity contribution < 1.29 is 30.0 Å². The van der Waals surface area contributed by atoms with E-state index in [0.717, 1.165) is 33.2 Å². The van der Waals surface area contributed by atoms with Gasteiger partial charge in [-0.15, -0.1) is 0 Å². The monoisotopic (exact) mass is 577 g/mol. The largest absolute Gasteiger partial charge is 0.507 e. The van der Waals surface area contributed by atoms with Gasteiger partial charge in [-0.05, 0) is 93.6 Å².